The third kappa shape index (κ3) is 4.33. The van der Waals surface area contributed by atoms with Gasteiger partial charge in [0.2, 0.25) is 0 Å². The summed E-state index contributed by atoms with van der Waals surface area (Å²) in [7, 11) is 0. The van der Waals surface area contributed by atoms with Gasteiger partial charge in [-0.15, -0.1) is 10.2 Å². The van der Waals surface area contributed by atoms with Crippen LogP contribution < -0.4 is 5.43 Å². The average molecular weight is 396 g/mol. The van der Waals surface area contributed by atoms with Crippen LogP contribution in [0.3, 0.4) is 0 Å². The molecule has 3 aromatic carbocycles. The van der Waals surface area contributed by atoms with Crippen molar-refractivity contribution in [1.82, 2.24) is 15.2 Å². The summed E-state index contributed by atoms with van der Waals surface area (Å²) in [6.45, 7) is 0. The van der Waals surface area contributed by atoms with Crippen molar-refractivity contribution in [3.8, 4) is 22.5 Å². The van der Waals surface area contributed by atoms with Gasteiger partial charge in [-0.05, 0) is 17.7 Å². The van der Waals surface area contributed by atoms with E-state index >= 15 is 0 Å². The summed E-state index contributed by atoms with van der Waals surface area (Å²) in [5.74, 6) is 0.242. The molecule has 4 aromatic rings. The summed E-state index contributed by atoms with van der Waals surface area (Å²) in [6.07, 6.45) is 1.53. The zero-order valence-corrected chi connectivity index (χ0v) is 15.7. The zero-order valence-electron chi connectivity index (χ0n) is 15.7. The van der Waals surface area contributed by atoms with E-state index in [1.54, 1.807) is 12.1 Å². The number of nitro groups is 1. The summed E-state index contributed by atoms with van der Waals surface area (Å²) >= 11 is 0. The summed E-state index contributed by atoms with van der Waals surface area (Å²) in [5.41, 5.74) is 6.68. The normalized spacial score (nSPS) is 10.8. The van der Waals surface area contributed by atoms with Gasteiger partial charge in [-0.1, -0.05) is 60.7 Å². The largest absolute Gasteiger partial charge is 0.269 e. The highest BCUT2D eigenvalue weighted by molar-refractivity contribution is 5.81. The van der Waals surface area contributed by atoms with E-state index in [-0.39, 0.29) is 11.6 Å². The van der Waals surface area contributed by atoms with Crippen molar-refractivity contribution in [2.45, 2.75) is 0 Å². The van der Waals surface area contributed by atoms with Crippen LogP contribution in [0.15, 0.2) is 90.0 Å². The van der Waals surface area contributed by atoms with Gasteiger partial charge in [0.1, 0.15) is 11.4 Å². The molecule has 0 aliphatic carbocycles. The number of hydrogen-bond donors (Lipinski definition) is 1. The highest BCUT2D eigenvalue weighted by Crippen LogP contribution is 2.28. The van der Waals surface area contributed by atoms with Crippen LogP contribution in [0.2, 0.25) is 0 Å². The number of non-ortho nitro benzene ring substituents is 1. The molecule has 8 heteroatoms. The van der Waals surface area contributed by atoms with Crippen molar-refractivity contribution < 1.29 is 4.92 Å². The van der Waals surface area contributed by atoms with Gasteiger partial charge in [-0.3, -0.25) is 10.1 Å². The number of benzene rings is 3. The molecular weight excluding hydrogens is 380 g/mol. The Morgan fingerprint density at radius 2 is 1.40 bits per heavy atom. The standard InChI is InChI=1S/C22H16N6O2/c29-28(30)19-13-11-16(12-14-19)15-23-26-22-24-20(17-7-3-1-4-8-17)21(25-27-22)18-9-5-2-6-10-18/h1-15H,(H,24,26,27)/b23-15-. The molecule has 0 aliphatic heterocycles. The van der Waals surface area contributed by atoms with Gasteiger partial charge in [0.15, 0.2) is 0 Å². The molecule has 0 unspecified atom stereocenters. The molecule has 146 valence electrons. The zero-order chi connectivity index (χ0) is 20.8. The van der Waals surface area contributed by atoms with Crippen LogP contribution >= 0.6 is 0 Å². The highest BCUT2D eigenvalue weighted by atomic mass is 16.6. The molecule has 1 N–H and O–H groups in total. The predicted octanol–water partition coefficient (Wildman–Crippen LogP) is 4.56. The van der Waals surface area contributed by atoms with Crippen molar-refractivity contribution in [3.05, 3.63) is 101 Å². The first-order valence-corrected chi connectivity index (χ1v) is 9.10. The molecular formula is C22H16N6O2. The molecule has 0 amide bonds. The molecule has 0 spiro atoms. The van der Waals surface area contributed by atoms with Crippen LogP contribution in [0.25, 0.3) is 22.5 Å². The van der Waals surface area contributed by atoms with Gasteiger partial charge in [0.25, 0.3) is 11.6 Å². The molecule has 0 bridgehead atoms. The first-order chi connectivity index (χ1) is 14.7. The SMILES string of the molecule is O=[N+]([O-])c1ccc(/C=N\Nc2nnc(-c3ccccc3)c(-c3ccccc3)n2)cc1. The summed E-state index contributed by atoms with van der Waals surface area (Å²) in [4.78, 5) is 14.9. The summed E-state index contributed by atoms with van der Waals surface area (Å²) < 4.78 is 0. The Morgan fingerprint density at radius 1 is 0.800 bits per heavy atom. The second-order valence-corrected chi connectivity index (χ2v) is 6.28. The highest BCUT2D eigenvalue weighted by Gasteiger charge is 2.13. The first-order valence-electron chi connectivity index (χ1n) is 9.10. The molecule has 0 atom stereocenters. The number of aromatic nitrogens is 3. The van der Waals surface area contributed by atoms with Gasteiger partial charge in [0, 0.05) is 23.3 Å². The van der Waals surface area contributed by atoms with Crippen molar-refractivity contribution in [1.29, 1.82) is 0 Å². The molecule has 1 heterocycles. The Bertz CT molecular complexity index is 1180. The lowest BCUT2D eigenvalue weighted by molar-refractivity contribution is -0.384. The summed E-state index contributed by atoms with van der Waals surface area (Å²) in [6, 6.07) is 25.5. The van der Waals surface area contributed by atoms with Crippen LogP contribution in [-0.4, -0.2) is 26.3 Å². The van der Waals surface area contributed by atoms with Gasteiger partial charge < -0.3 is 0 Å². The number of hydrogen-bond acceptors (Lipinski definition) is 7. The lowest BCUT2D eigenvalue weighted by Crippen LogP contribution is -2.03. The molecule has 0 radical (unpaired) electrons. The van der Waals surface area contributed by atoms with Gasteiger partial charge >= 0.3 is 0 Å². The lowest BCUT2D eigenvalue weighted by atomic mass is 10.0. The fourth-order valence-electron chi connectivity index (χ4n) is 2.81. The minimum Gasteiger partial charge on any atom is -0.258 e. The Morgan fingerprint density at radius 3 is 2.00 bits per heavy atom. The fraction of sp³-hybridized carbons (Fsp3) is 0. The monoisotopic (exact) mass is 396 g/mol. The number of anilines is 1. The maximum atomic E-state index is 10.7. The molecule has 0 fully saturated rings. The molecule has 0 saturated heterocycles. The van der Waals surface area contributed by atoms with E-state index in [0.717, 1.165) is 11.1 Å². The average Bonchev–Trinajstić information content (AvgIpc) is 2.80. The van der Waals surface area contributed by atoms with E-state index < -0.39 is 4.92 Å². The maximum Gasteiger partial charge on any atom is 0.269 e. The van der Waals surface area contributed by atoms with Crippen molar-refractivity contribution in [2.75, 3.05) is 5.43 Å². The Balaban J connectivity index is 1.61. The quantitative estimate of drug-likeness (QED) is 0.291. The fourth-order valence-corrected chi connectivity index (χ4v) is 2.81. The van der Waals surface area contributed by atoms with E-state index in [2.05, 4.69) is 25.7 Å². The van der Waals surface area contributed by atoms with E-state index in [4.69, 9.17) is 0 Å². The van der Waals surface area contributed by atoms with Crippen molar-refractivity contribution >= 4 is 17.9 Å². The van der Waals surface area contributed by atoms with Crippen LogP contribution in [-0.2, 0) is 0 Å². The molecule has 4 rings (SSSR count). The molecule has 0 aliphatic rings. The molecule has 0 saturated carbocycles. The molecule has 30 heavy (non-hydrogen) atoms. The predicted molar refractivity (Wildman–Crippen MR) is 115 cm³/mol. The third-order valence-electron chi connectivity index (χ3n) is 4.26. The van der Waals surface area contributed by atoms with Crippen LogP contribution in [0.5, 0.6) is 0 Å². The van der Waals surface area contributed by atoms with Crippen molar-refractivity contribution in [2.24, 2.45) is 5.10 Å². The maximum absolute atomic E-state index is 10.7. The van der Waals surface area contributed by atoms with Crippen LogP contribution in [0.4, 0.5) is 11.6 Å². The number of hydrazone groups is 1. The van der Waals surface area contributed by atoms with E-state index in [0.29, 0.717) is 17.0 Å². The van der Waals surface area contributed by atoms with E-state index in [1.165, 1.54) is 18.3 Å². The number of nitro benzene ring substituents is 1. The lowest BCUT2D eigenvalue weighted by Gasteiger charge is -2.09. The van der Waals surface area contributed by atoms with Gasteiger partial charge in [-0.2, -0.15) is 5.10 Å². The number of nitrogens with one attached hydrogen (secondary N) is 1. The Kier molecular flexibility index (Phi) is 5.47. The van der Waals surface area contributed by atoms with Crippen molar-refractivity contribution in [3.63, 3.8) is 0 Å². The van der Waals surface area contributed by atoms with Gasteiger partial charge in [0.05, 0.1) is 11.1 Å². The van der Waals surface area contributed by atoms with Crippen LogP contribution in [0, 0.1) is 10.1 Å². The molecule has 1 aromatic heterocycles. The molecule has 8 nitrogen and oxygen atoms in total. The summed E-state index contributed by atoms with van der Waals surface area (Å²) in [5, 5.41) is 23.3. The minimum absolute atomic E-state index is 0.0247. The van der Waals surface area contributed by atoms with E-state index in [1.807, 2.05) is 60.7 Å². The smallest absolute Gasteiger partial charge is 0.258 e. The number of rotatable bonds is 6. The van der Waals surface area contributed by atoms with Gasteiger partial charge in [-0.25, -0.2) is 10.4 Å². The Labute approximate surface area is 172 Å². The van der Waals surface area contributed by atoms with E-state index in [9.17, 15) is 10.1 Å². The Hall–Kier alpha value is -4.46. The topological polar surface area (TPSA) is 106 Å². The second kappa shape index (κ2) is 8.70. The minimum atomic E-state index is -0.446. The first kappa shape index (κ1) is 18.9. The second-order valence-electron chi connectivity index (χ2n) is 6.28. The number of nitrogens with zero attached hydrogens (tertiary/aromatic N) is 5. The third-order valence-corrected chi connectivity index (χ3v) is 4.26. The van der Waals surface area contributed by atoms with Crippen LogP contribution in [0.1, 0.15) is 5.56 Å².